The summed E-state index contributed by atoms with van der Waals surface area (Å²) in [5.41, 5.74) is -1.86. The Kier molecular flexibility index (Phi) is 2.69. The summed E-state index contributed by atoms with van der Waals surface area (Å²) in [4.78, 5) is 1.81. The molecular formula is C4H4F3N2O2+. The lowest BCUT2D eigenvalue weighted by Gasteiger charge is -1.96. The van der Waals surface area contributed by atoms with Gasteiger partial charge in [0.15, 0.2) is 4.98 Å². The summed E-state index contributed by atoms with van der Waals surface area (Å²) in [6, 6.07) is 0. The highest BCUT2D eigenvalue weighted by Gasteiger charge is 2.51. The van der Waals surface area contributed by atoms with Crippen molar-refractivity contribution >= 4 is 0 Å². The first kappa shape index (κ1) is 9.55. The summed E-state index contributed by atoms with van der Waals surface area (Å²) in [6.07, 6.45) is -4.92. The van der Waals surface area contributed by atoms with Crippen molar-refractivity contribution in [2.75, 3.05) is 7.11 Å². The van der Waals surface area contributed by atoms with Crippen molar-refractivity contribution in [3.8, 4) is 0 Å². The Morgan fingerprint density at radius 2 is 2.00 bits per heavy atom. The van der Waals surface area contributed by atoms with Crippen LogP contribution in [0.25, 0.3) is 4.98 Å². The predicted octanol–water partition coefficient (Wildman–Crippen LogP) is 1.78. The highest BCUT2D eigenvalue weighted by atomic mass is 19.4. The summed E-state index contributed by atoms with van der Waals surface area (Å²) in [7, 11) is 0.812. The number of aliphatic hydroxyl groups is 1. The molecule has 62 valence electrons. The van der Waals surface area contributed by atoms with E-state index in [1.54, 1.807) is 0 Å². The van der Waals surface area contributed by atoms with Crippen molar-refractivity contribution in [2.24, 2.45) is 0 Å². The van der Waals surface area contributed by atoms with E-state index in [4.69, 9.17) is 10.5 Å². The molecule has 0 spiro atoms. The molecule has 0 fully saturated rings. The maximum absolute atomic E-state index is 11.6. The highest BCUT2D eigenvalue weighted by molar-refractivity contribution is 5.15. The number of ether oxygens (including phenoxy) is 1. The highest BCUT2D eigenvalue weighted by Crippen LogP contribution is 2.28. The quantitative estimate of drug-likeness (QED) is 0.480. The van der Waals surface area contributed by atoms with Crippen LogP contribution in [0.15, 0.2) is 11.6 Å². The second kappa shape index (κ2) is 3.09. The second-order valence-electron chi connectivity index (χ2n) is 1.46. The van der Waals surface area contributed by atoms with Crippen LogP contribution in [0.2, 0.25) is 0 Å². The van der Waals surface area contributed by atoms with Crippen LogP contribution in [-0.2, 0) is 4.74 Å². The Bertz CT molecular complexity index is 214. The number of rotatable bonds is 1. The van der Waals surface area contributed by atoms with Gasteiger partial charge in [0.1, 0.15) is 0 Å². The van der Waals surface area contributed by atoms with Crippen molar-refractivity contribution in [2.45, 2.75) is 6.18 Å². The molecule has 11 heavy (non-hydrogen) atoms. The Labute approximate surface area is 59.5 Å². The van der Waals surface area contributed by atoms with E-state index in [2.05, 4.69) is 4.74 Å². The molecule has 0 rings (SSSR count). The third kappa shape index (κ3) is 2.33. The van der Waals surface area contributed by atoms with Gasteiger partial charge in [-0.25, -0.2) is 0 Å². The van der Waals surface area contributed by atoms with Crippen LogP contribution in [0.1, 0.15) is 0 Å². The lowest BCUT2D eigenvalue weighted by Crippen LogP contribution is -2.12. The fourth-order valence-electron chi connectivity index (χ4n) is 0.317. The van der Waals surface area contributed by atoms with Gasteiger partial charge in [0.05, 0.1) is 7.11 Å². The van der Waals surface area contributed by atoms with Gasteiger partial charge in [-0.1, -0.05) is 0 Å². The number of hydrogen-bond donors (Lipinski definition) is 1. The molecule has 0 aliphatic carbocycles. The summed E-state index contributed by atoms with van der Waals surface area (Å²) in [5.74, 6) is -1.47. The maximum Gasteiger partial charge on any atom is 0.543 e. The van der Waals surface area contributed by atoms with E-state index < -0.39 is 17.8 Å². The zero-order chi connectivity index (χ0) is 9.07. The number of methoxy groups -OCH3 is 1. The minimum atomic E-state index is -4.92. The molecule has 0 saturated carbocycles. The van der Waals surface area contributed by atoms with Crippen LogP contribution in [0.3, 0.4) is 0 Å². The molecule has 0 aromatic rings. The van der Waals surface area contributed by atoms with Gasteiger partial charge in [0.25, 0.3) is 0 Å². The van der Waals surface area contributed by atoms with E-state index in [-0.39, 0.29) is 0 Å². The first-order valence-electron chi connectivity index (χ1n) is 2.33. The van der Waals surface area contributed by atoms with Crippen LogP contribution in [0.5, 0.6) is 0 Å². The SMILES string of the molecule is CO/C(O)=C(\[N+]#N)C(F)(F)F. The maximum atomic E-state index is 11.6. The average molecular weight is 169 g/mol. The van der Waals surface area contributed by atoms with Gasteiger partial charge in [-0.2, -0.15) is 13.2 Å². The van der Waals surface area contributed by atoms with Gasteiger partial charge in [-0.05, 0) is 0 Å². The zero-order valence-electron chi connectivity index (χ0n) is 5.38. The minimum Gasteiger partial charge on any atom is -0.475 e. The summed E-state index contributed by atoms with van der Waals surface area (Å²) < 4.78 is 38.6. The van der Waals surface area contributed by atoms with Gasteiger partial charge < -0.3 is 9.84 Å². The molecule has 0 bridgehead atoms. The molecule has 0 unspecified atom stereocenters. The molecule has 0 atom stereocenters. The number of allylic oxidation sites excluding steroid dienone is 1. The van der Waals surface area contributed by atoms with E-state index in [1.807, 2.05) is 4.98 Å². The fraction of sp³-hybridized carbons (Fsp3) is 0.500. The van der Waals surface area contributed by atoms with Gasteiger partial charge >= 0.3 is 17.8 Å². The molecule has 7 heteroatoms. The Morgan fingerprint density at radius 3 is 2.09 bits per heavy atom. The average Bonchev–Trinajstić information content (AvgIpc) is 1.86. The van der Waals surface area contributed by atoms with Crippen molar-refractivity contribution in [1.82, 2.24) is 0 Å². The van der Waals surface area contributed by atoms with Crippen molar-refractivity contribution in [3.63, 3.8) is 0 Å². The summed E-state index contributed by atoms with van der Waals surface area (Å²) in [6.45, 7) is 0. The van der Waals surface area contributed by atoms with E-state index in [1.165, 1.54) is 0 Å². The molecule has 0 aromatic carbocycles. The van der Waals surface area contributed by atoms with Crippen molar-refractivity contribution in [3.05, 3.63) is 16.6 Å². The van der Waals surface area contributed by atoms with Gasteiger partial charge in [0, 0.05) is 0 Å². The number of alkyl halides is 3. The second-order valence-corrected chi connectivity index (χ2v) is 1.46. The van der Waals surface area contributed by atoms with Gasteiger partial charge in [-0.3, -0.25) is 0 Å². The number of nitrogens with zero attached hydrogens (tertiary/aromatic N) is 2. The number of halogens is 3. The molecular weight excluding hydrogens is 165 g/mol. The predicted molar refractivity (Wildman–Crippen MR) is 27.8 cm³/mol. The van der Waals surface area contributed by atoms with E-state index in [9.17, 15) is 13.2 Å². The van der Waals surface area contributed by atoms with Crippen molar-refractivity contribution in [1.29, 1.82) is 5.39 Å². The number of hydrogen-bond acceptors (Lipinski definition) is 3. The first-order chi connectivity index (χ1) is 4.93. The monoisotopic (exact) mass is 169 g/mol. The largest absolute Gasteiger partial charge is 0.543 e. The molecule has 0 aliphatic heterocycles. The standard InChI is InChI=1S/C4H3F3N2O2/c1-11-3(10)2(9-8)4(5,6)7/h1H3/p+1/b3-2-. The van der Waals surface area contributed by atoms with E-state index in [0.717, 1.165) is 7.11 Å². The van der Waals surface area contributed by atoms with Crippen LogP contribution < -0.4 is 0 Å². The van der Waals surface area contributed by atoms with E-state index >= 15 is 0 Å². The normalized spacial score (nSPS) is 13.4. The smallest absolute Gasteiger partial charge is 0.475 e. The van der Waals surface area contributed by atoms with Crippen LogP contribution in [-0.4, -0.2) is 18.4 Å². The number of diazo groups is 1. The van der Waals surface area contributed by atoms with Gasteiger partial charge in [0.2, 0.25) is 5.39 Å². The Hall–Kier alpha value is -1.45. The summed E-state index contributed by atoms with van der Waals surface area (Å²) in [5, 5.41) is 16.1. The Morgan fingerprint density at radius 1 is 1.55 bits per heavy atom. The van der Waals surface area contributed by atoms with Crippen LogP contribution in [0.4, 0.5) is 13.2 Å². The van der Waals surface area contributed by atoms with E-state index in [0.29, 0.717) is 0 Å². The lowest BCUT2D eigenvalue weighted by atomic mass is 10.5. The zero-order valence-corrected chi connectivity index (χ0v) is 5.38. The molecule has 0 amide bonds. The molecule has 1 N–H and O–H groups in total. The van der Waals surface area contributed by atoms with Gasteiger partial charge in [-0.15, -0.1) is 0 Å². The fourth-order valence-corrected chi connectivity index (χ4v) is 0.317. The molecule has 0 radical (unpaired) electrons. The molecule has 4 nitrogen and oxygen atoms in total. The van der Waals surface area contributed by atoms with Crippen LogP contribution >= 0.6 is 0 Å². The molecule has 0 aliphatic rings. The molecule has 0 heterocycles. The summed E-state index contributed by atoms with van der Waals surface area (Å²) >= 11 is 0. The molecule has 0 saturated heterocycles. The lowest BCUT2D eigenvalue weighted by molar-refractivity contribution is -0.0961. The number of aliphatic hydroxyl groups excluding tert-OH is 1. The molecule has 0 aromatic heterocycles. The van der Waals surface area contributed by atoms with Crippen molar-refractivity contribution < 1.29 is 23.0 Å². The third-order valence-electron chi connectivity index (χ3n) is 0.764. The van der Waals surface area contributed by atoms with Crippen LogP contribution in [0, 0.1) is 5.39 Å². The first-order valence-corrected chi connectivity index (χ1v) is 2.33. The topological polar surface area (TPSA) is 57.6 Å². The Balaban J connectivity index is 4.86. The minimum absolute atomic E-state index is 0.812. The third-order valence-corrected chi connectivity index (χ3v) is 0.764.